The van der Waals surface area contributed by atoms with Gasteiger partial charge in [0, 0.05) is 31.1 Å². The SMILES string of the molecule is CCC(C)C(=O)N1CCCC(C(=O)NCC(N)(CC)CC)C1. The van der Waals surface area contributed by atoms with E-state index in [1.807, 2.05) is 32.6 Å². The molecule has 1 heterocycles. The number of rotatable bonds is 7. The molecular weight excluding hydrogens is 278 g/mol. The molecule has 0 aromatic carbocycles. The fraction of sp³-hybridized carbons (Fsp3) is 0.882. The molecule has 1 fully saturated rings. The lowest BCUT2D eigenvalue weighted by Crippen LogP contribution is -2.52. The van der Waals surface area contributed by atoms with Gasteiger partial charge in [-0.3, -0.25) is 9.59 Å². The van der Waals surface area contributed by atoms with Crippen LogP contribution in [-0.2, 0) is 9.59 Å². The second-order valence-corrected chi connectivity index (χ2v) is 6.72. The van der Waals surface area contributed by atoms with E-state index in [9.17, 15) is 9.59 Å². The zero-order valence-electron chi connectivity index (χ0n) is 14.7. The number of nitrogens with zero attached hydrogens (tertiary/aromatic N) is 1. The molecule has 1 rings (SSSR count). The van der Waals surface area contributed by atoms with Crippen LogP contribution in [0.5, 0.6) is 0 Å². The summed E-state index contributed by atoms with van der Waals surface area (Å²) < 4.78 is 0. The zero-order valence-corrected chi connectivity index (χ0v) is 14.7. The minimum atomic E-state index is -0.323. The van der Waals surface area contributed by atoms with E-state index in [1.54, 1.807) is 0 Å². The summed E-state index contributed by atoms with van der Waals surface area (Å²) in [5.74, 6) is 0.159. The van der Waals surface area contributed by atoms with Crippen LogP contribution in [0, 0.1) is 11.8 Å². The van der Waals surface area contributed by atoms with Crippen molar-refractivity contribution in [1.29, 1.82) is 0 Å². The van der Waals surface area contributed by atoms with Crippen LogP contribution in [-0.4, -0.2) is 41.9 Å². The topological polar surface area (TPSA) is 75.4 Å². The van der Waals surface area contributed by atoms with Crippen molar-refractivity contribution < 1.29 is 9.59 Å². The van der Waals surface area contributed by atoms with Crippen molar-refractivity contribution >= 4 is 11.8 Å². The highest BCUT2D eigenvalue weighted by molar-refractivity contribution is 5.82. The molecule has 1 aliphatic rings. The van der Waals surface area contributed by atoms with Crippen molar-refractivity contribution in [2.75, 3.05) is 19.6 Å². The molecule has 1 saturated heterocycles. The van der Waals surface area contributed by atoms with Crippen LogP contribution in [0.2, 0.25) is 0 Å². The van der Waals surface area contributed by atoms with Crippen molar-refractivity contribution in [2.45, 2.75) is 65.3 Å². The Hall–Kier alpha value is -1.10. The van der Waals surface area contributed by atoms with E-state index in [1.165, 1.54) is 0 Å². The molecule has 0 aromatic rings. The third-order valence-corrected chi connectivity index (χ3v) is 5.16. The number of hydrogen-bond donors (Lipinski definition) is 2. The summed E-state index contributed by atoms with van der Waals surface area (Å²) >= 11 is 0. The molecule has 2 amide bonds. The summed E-state index contributed by atoms with van der Waals surface area (Å²) in [4.78, 5) is 26.5. The highest BCUT2D eigenvalue weighted by Gasteiger charge is 2.31. The molecule has 0 bridgehead atoms. The largest absolute Gasteiger partial charge is 0.354 e. The number of likely N-dealkylation sites (tertiary alicyclic amines) is 1. The van der Waals surface area contributed by atoms with Crippen molar-refractivity contribution in [3.05, 3.63) is 0 Å². The molecular formula is C17H33N3O2. The Labute approximate surface area is 135 Å². The van der Waals surface area contributed by atoms with Crippen LogP contribution >= 0.6 is 0 Å². The highest BCUT2D eigenvalue weighted by atomic mass is 16.2. The van der Waals surface area contributed by atoms with Gasteiger partial charge >= 0.3 is 0 Å². The van der Waals surface area contributed by atoms with E-state index in [-0.39, 0.29) is 29.2 Å². The number of nitrogens with two attached hydrogens (primary N) is 1. The molecule has 5 heteroatoms. The first-order valence-corrected chi connectivity index (χ1v) is 8.72. The zero-order chi connectivity index (χ0) is 16.8. The summed E-state index contributed by atoms with van der Waals surface area (Å²) in [6.45, 7) is 9.90. The average Bonchev–Trinajstić information content (AvgIpc) is 2.57. The second-order valence-electron chi connectivity index (χ2n) is 6.72. The molecule has 1 aliphatic heterocycles. The van der Waals surface area contributed by atoms with Gasteiger partial charge in [-0.1, -0.05) is 27.7 Å². The molecule has 5 nitrogen and oxygen atoms in total. The Morgan fingerprint density at radius 1 is 1.32 bits per heavy atom. The van der Waals surface area contributed by atoms with Crippen molar-refractivity contribution in [3.8, 4) is 0 Å². The van der Waals surface area contributed by atoms with Crippen LogP contribution in [0.3, 0.4) is 0 Å². The molecule has 2 atom stereocenters. The Morgan fingerprint density at radius 2 is 1.95 bits per heavy atom. The van der Waals surface area contributed by atoms with Crippen molar-refractivity contribution in [3.63, 3.8) is 0 Å². The highest BCUT2D eigenvalue weighted by Crippen LogP contribution is 2.20. The number of hydrogen-bond acceptors (Lipinski definition) is 3. The van der Waals surface area contributed by atoms with Crippen LogP contribution in [0.1, 0.15) is 59.8 Å². The summed E-state index contributed by atoms with van der Waals surface area (Å²) in [5, 5.41) is 3.00. The predicted molar refractivity (Wildman–Crippen MR) is 89.3 cm³/mol. The Bertz CT molecular complexity index is 380. The first-order valence-electron chi connectivity index (χ1n) is 8.72. The summed E-state index contributed by atoms with van der Waals surface area (Å²) in [7, 11) is 0. The first kappa shape index (κ1) is 18.9. The van der Waals surface area contributed by atoms with Gasteiger partial charge in [0.15, 0.2) is 0 Å². The van der Waals surface area contributed by atoms with Gasteiger partial charge < -0.3 is 16.0 Å². The van der Waals surface area contributed by atoms with Crippen LogP contribution in [0.4, 0.5) is 0 Å². The summed E-state index contributed by atoms with van der Waals surface area (Å²) in [6, 6.07) is 0. The Morgan fingerprint density at radius 3 is 2.50 bits per heavy atom. The monoisotopic (exact) mass is 311 g/mol. The van der Waals surface area contributed by atoms with Gasteiger partial charge in [-0.15, -0.1) is 0 Å². The van der Waals surface area contributed by atoms with Crippen molar-refractivity contribution in [1.82, 2.24) is 10.2 Å². The van der Waals surface area contributed by atoms with Gasteiger partial charge in [-0.05, 0) is 32.1 Å². The minimum Gasteiger partial charge on any atom is -0.354 e. The number of piperidine rings is 1. The lowest BCUT2D eigenvalue weighted by atomic mass is 9.92. The van der Waals surface area contributed by atoms with Gasteiger partial charge in [-0.2, -0.15) is 0 Å². The van der Waals surface area contributed by atoms with Gasteiger partial charge in [0.05, 0.1) is 5.92 Å². The van der Waals surface area contributed by atoms with E-state index in [0.29, 0.717) is 13.1 Å². The molecule has 0 aromatic heterocycles. The maximum absolute atomic E-state index is 12.4. The third-order valence-electron chi connectivity index (χ3n) is 5.16. The van der Waals surface area contributed by atoms with E-state index >= 15 is 0 Å². The fourth-order valence-corrected chi connectivity index (χ4v) is 2.79. The van der Waals surface area contributed by atoms with E-state index < -0.39 is 0 Å². The standard InChI is InChI=1S/C17H33N3O2/c1-5-13(4)16(22)20-10-8-9-14(11-20)15(21)19-12-17(18,6-2)7-3/h13-14H,5-12,18H2,1-4H3,(H,19,21). The second kappa shape index (κ2) is 8.51. The first-order chi connectivity index (χ1) is 10.4. The van der Waals surface area contributed by atoms with Gasteiger partial charge in [0.25, 0.3) is 0 Å². The third kappa shape index (κ3) is 4.97. The molecule has 2 unspecified atom stereocenters. The van der Waals surface area contributed by atoms with Crippen molar-refractivity contribution in [2.24, 2.45) is 17.6 Å². The number of amides is 2. The maximum Gasteiger partial charge on any atom is 0.225 e. The quantitative estimate of drug-likeness (QED) is 0.754. The molecule has 0 spiro atoms. The summed E-state index contributed by atoms with van der Waals surface area (Å²) in [5.41, 5.74) is 5.91. The lowest BCUT2D eigenvalue weighted by molar-refractivity contribution is -0.139. The minimum absolute atomic E-state index is 0.0402. The Kier molecular flexibility index (Phi) is 7.33. The smallest absolute Gasteiger partial charge is 0.225 e. The number of carbonyl (C=O) groups excluding carboxylic acids is 2. The molecule has 3 N–H and O–H groups in total. The van der Waals surface area contributed by atoms with Crippen LogP contribution < -0.4 is 11.1 Å². The normalized spacial score (nSPS) is 20.6. The lowest BCUT2D eigenvalue weighted by Gasteiger charge is -2.34. The number of nitrogens with one attached hydrogen (secondary N) is 1. The molecule has 0 saturated carbocycles. The molecule has 0 radical (unpaired) electrons. The Balaban J connectivity index is 2.54. The molecule has 128 valence electrons. The average molecular weight is 311 g/mol. The van der Waals surface area contributed by atoms with E-state index in [4.69, 9.17) is 5.73 Å². The van der Waals surface area contributed by atoms with Crippen LogP contribution in [0.25, 0.3) is 0 Å². The van der Waals surface area contributed by atoms with E-state index in [0.717, 1.165) is 38.6 Å². The van der Waals surface area contributed by atoms with Crippen LogP contribution in [0.15, 0.2) is 0 Å². The van der Waals surface area contributed by atoms with Gasteiger partial charge in [-0.25, -0.2) is 0 Å². The summed E-state index contributed by atoms with van der Waals surface area (Å²) in [6.07, 6.45) is 4.27. The fourth-order valence-electron chi connectivity index (χ4n) is 2.79. The molecule has 22 heavy (non-hydrogen) atoms. The predicted octanol–water partition coefficient (Wildman–Crippen LogP) is 1.90. The van der Waals surface area contributed by atoms with E-state index in [2.05, 4.69) is 5.32 Å². The van der Waals surface area contributed by atoms with Gasteiger partial charge in [0.2, 0.25) is 11.8 Å². The number of carbonyl (C=O) groups is 2. The maximum atomic E-state index is 12.4. The van der Waals surface area contributed by atoms with Gasteiger partial charge in [0.1, 0.15) is 0 Å². The molecule has 0 aliphatic carbocycles.